The summed E-state index contributed by atoms with van der Waals surface area (Å²) in [6, 6.07) is 12.0. The highest BCUT2D eigenvalue weighted by atomic mass is 35.5. The van der Waals surface area contributed by atoms with E-state index in [4.69, 9.17) is 23.2 Å². The van der Waals surface area contributed by atoms with Crippen LogP contribution < -0.4 is 5.32 Å². The number of anilines is 1. The number of nitro benzene ring substituents is 1. The summed E-state index contributed by atoms with van der Waals surface area (Å²) < 4.78 is 0. The van der Waals surface area contributed by atoms with Crippen LogP contribution in [-0.4, -0.2) is 4.92 Å². The largest absolute Gasteiger partial charge is 0.378 e. The first-order valence-corrected chi connectivity index (χ1v) is 6.69. The van der Waals surface area contributed by atoms with Crippen molar-refractivity contribution in [1.82, 2.24) is 0 Å². The van der Waals surface area contributed by atoms with Crippen molar-refractivity contribution in [2.24, 2.45) is 0 Å². The second-order valence-corrected chi connectivity index (χ2v) is 5.13. The summed E-state index contributed by atoms with van der Waals surface area (Å²) in [7, 11) is 0. The molecule has 0 heterocycles. The second-order valence-electron chi connectivity index (χ2n) is 4.31. The maximum absolute atomic E-state index is 10.9. The summed E-state index contributed by atoms with van der Waals surface area (Å²) in [5, 5.41) is 14.8. The fourth-order valence-corrected chi connectivity index (χ4v) is 2.38. The van der Waals surface area contributed by atoms with Crippen LogP contribution in [0, 0.1) is 10.1 Å². The Labute approximate surface area is 126 Å². The third-order valence-corrected chi connectivity index (χ3v) is 3.56. The lowest BCUT2D eigenvalue weighted by Gasteiger charge is -2.17. The van der Waals surface area contributed by atoms with Gasteiger partial charge in [0.1, 0.15) is 5.02 Å². The zero-order chi connectivity index (χ0) is 14.7. The van der Waals surface area contributed by atoms with Crippen molar-refractivity contribution in [1.29, 1.82) is 0 Å². The van der Waals surface area contributed by atoms with Crippen LogP contribution in [0.1, 0.15) is 18.5 Å². The Hall–Kier alpha value is -1.78. The number of hydrogen-bond acceptors (Lipinski definition) is 3. The number of nitro groups is 1. The highest BCUT2D eigenvalue weighted by Crippen LogP contribution is 2.30. The molecule has 0 fully saturated rings. The molecule has 0 amide bonds. The van der Waals surface area contributed by atoms with Crippen molar-refractivity contribution in [3.05, 3.63) is 68.2 Å². The van der Waals surface area contributed by atoms with E-state index in [1.807, 2.05) is 25.1 Å². The summed E-state index contributed by atoms with van der Waals surface area (Å²) in [4.78, 5) is 10.3. The molecule has 2 aromatic rings. The molecule has 0 spiro atoms. The van der Waals surface area contributed by atoms with Crippen LogP contribution in [0.15, 0.2) is 42.5 Å². The number of benzene rings is 2. The Morgan fingerprint density at radius 1 is 1.15 bits per heavy atom. The van der Waals surface area contributed by atoms with Crippen molar-refractivity contribution >= 4 is 34.6 Å². The molecule has 1 atom stereocenters. The minimum atomic E-state index is -0.506. The second kappa shape index (κ2) is 6.11. The fraction of sp³-hybridized carbons (Fsp3) is 0.143. The van der Waals surface area contributed by atoms with E-state index in [0.29, 0.717) is 10.7 Å². The standard InChI is InChI=1S/C14H12Cl2N2O2/c1-9(11-4-2-3-5-12(11)15)17-10-6-7-13(16)14(8-10)18(19)20/h2-9,17H,1H3. The molecule has 1 N–H and O–H groups in total. The molecule has 0 aliphatic heterocycles. The maximum Gasteiger partial charge on any atom is 0.289 e. The van der Waals surface area contributed by atoms with Crippen LogP contribution in [0.4, 0.5) is 11.4 Å². The molecule has 104 valence electrons. The van der Waals surface area contributed by atoms with Gasteiger partial charge in [-0.25, -0.2) is 0 Å². The molecule has 0 bridgehead atoms. The third-order valence-electron chi connectivity index (χ3n) is 2.90. The average molecular weight is 311 g/mol. The zero-order valence-electron chi connectivity index (χ0n) is 10.6. The van der Waals surface area contributed by atoms with Gasteiger partial charge in [-0.1, -0.05) is 41.4 Å². The van der Waals surface area contributed by atoms with Gasteiger partial charge in [0.05, 0.1) is 4.92 Å². The van der Waals surface area contributed by atoms with Crippen LogP contribution in [0.2, 0.25) is 10.0 Å². The molecule has 0 radical (unpaired) electrons. The van der Waals surface area contributed by atoms with Crippen molar-refractivity contribution in [2.45, 2.75) is 13.0 Å². The van der Waals surface area contributed by atoms with E-state index >= 15 is 0 Å². The number of halogens is 2. The molecule has 20 heavy (non-hydrogen) atoms. The van der Waals surface area contributed by atoms with Gasteiger partial charge in [0, 0.05) is 22.8 Å². The Morgan fingerprint density at radius 2 is 1.85 bits per heavy atom. The normalized spacial score (nSPS) is 11.9. The lowest BCUT2D eigenvalue weighted by molar-refractivity contribution is -0.384. The van der Waals surface area contributed by atoms with Crippen molar-refractivity contribution < 1.29 is 4.92 Å². The first kappa shape index (κ1) is 14.6. The highest BCUT2D eigenvalue weighted by molar-refractivity contribution is 6.32. The predicted octanol–water partition coefficient (Wildman–Crippen LogP) is 5.07. The maximum atomic E-state index is 10.9. The number of nitrogens with zero attached hydrogens (tertiary/aromatic N) is 1. The van der Waals surface area contributed by atoms with Crippen LogP contribution in [-0.2, 0) is 0 Å². The Morgan fingerprint density at radius 3 is 2.50 bits per heavy atom. The van der Waals surface area contributed by atoms with E-state index in [1.54, 1.807) is 12.1 Å². The Kier molecular flexibility index (Phi) is 4.47. The quantitative estimate of drug-likeness (QED) is 0.633. The SMILES string of the molecule is CC(Nc1ccc(Cl)c([N+](=O)[O-])c1)c1ccccc1Cl. The fourth-order valence-electron chi connectivity index (χ4n) is 1.90. The van der Waals surface area contributed by atoms with Gasteiger partial charge in [-0.15, -0.1) is 0 Å². The van der Waals surface area contributed by atoms with E-state index in [0.717, 1.165) is 5.56 Å². The van der Waals surface area contributed by atoms with Gasteiger partial charge in [0.25, 0.3) is 5.69 Å². The van der Waals surface area contributed by atoms with Crippen molar-refractivity contribution in [2.75, 3.05) is 5.32 Å². The van der Waals surface area contributed by atoms with E-state index < -0.39 is 4.92 Å². The molecule has 0 aromatic heterocycles. The average Bonchev–Trinajstić information content (AvgIpc) is 2.41. The van der Waals surface area contributed by atoms with Gasteiger partial charge in [-0.05, 0) is 30.7 Å². The third kappa shape index (κ3) is 3.21. The van der Waals surface area contributed by atoms with E-state index in [1.165, 1.54) is 12.1 Å². The van der Waals surface area contributed by atoms with Crippen molar-refractivity contribution in [3.63, 3.8) is 0 Å². The lowest BCUT2D eigenvalue weighted by atomic mass is 10.1. The minimum Gasteiger partial charge on any atom is -0.378 e. The van der Waals surface area contributed by atoms with E-state index in [9.17, 15) is 10.1 Å². The molecule has 6 heteroatoms. The molecule has 0 aliphatic rings. The minimum absolute atomic E-state index is 0.0792. The topological polar surface area (TPSA) is 55.2 Å². The predicted molar refractivity (Wildman–Crippen MR) is 81.6 cm³/mol. The lowest BCUT2D eigenvalue weighted by Crippen LogP contribution is -2.07. The summed E-state index contributed by atoms with van der Waals surface area (Å²) in [6.07, 6.45) is 0. The van der Waals surface area contributed by atoms with E-state index in [2.05, 4.69) is 5.32 Å². The highest BCUT2D eigenvalue weighted by Gasteiger charge is 2.15. The van der Waals surface area contributed by atoms with Gasteiger partial charge < -0.3 is 5.32 Å². The molecule has 2 aromatic carbocycles. The van der Waals surface area contributed by atoms with Gasteiger partial charge in [-0.3, -0.25) is 10.1 Å². The van der Waals surface area contributed by atoms with Gasteiger partial charge in [-0.2, -0.15) is 0 Å². The van der Waals surface area contributed by atoms with Crippen LogP contribution in [0.5, 0.6) is 0 Å². The first-order chi connectivity index (χ1) is 9.49. The smallest absolute Gasteiger partial charge is 0.289 e. The first-order valence-electron chi connectivity index (χ1n) is 5.94. The van der Waals surface area contributed by atoms with Gasteiger partial charge in [0.15, 0.2) is 0 Å². The summed E-state index contributed by atoms with van der Waals surface area (Å²) in [5.74, 6) is 0. The number of hydrogen-bond donors (Lipinski definition) is 1. The van der Waals surface area contributed by atoms with Gasteiger partial charge >= 0.3 is 0 Å². The van der Waals surface area contributed by atoms with Crippen molar-refractivity contribution in [3.8, 4) is 0 Å². The van der Waals surface area contributed by atoms with Gasteiger partial charge in [0.2, 0.25) is 0 Å². The molecule has 0 aliphatic carbocycles. The summed E-state index contributed by atoms with van der Waals surface area (Å²) in [5.41, 5.74) is 1.42. The molecule has 1 unspecified atom stereocenters. The number of nitrogens with one attached hydrogen (secondary N) is 1. The van der Waals surface area contributed by atoms with E-state index in [-0.39, 0.29) is 16.8 Å². The summed E-state index contributed by atoms with van der Waals surface area (Å²) in [6.45, 7) is 1.93. The molecule has 0 saturated heterocycles. The molecular formula is C14H12Cl2N2O2. The molecule has 2 rings (SSSR count). The summed E-state index contributed by atoms with van der Waals surface area (Å²) >= 11 is 11.9. The molecule has 4 nitrogen and oxygen atoms in total. The monoisotopic (exact) mass is 310 g/mol. The van der Waals surface area contributed by atoms with Crippen LogP contribution in [0.3, 0.4) is 0 Å². The Balaban J connectivity index is 2.24. The zero-order valence-corrected chi connectivity index (χ0v) is 12.2. The van der Waals surface area contributed by atoms with Crippen LogP contribution >= 0.6 is 23.2 Å². The molecular weight excluding hydrogens is 299 g/mol. The molecule has 0 saturated carbocycles. The Bertz CT molecular complexity index is 647. The van der Waals surface area contributed by atoms with Crippen LogP contribution in [0.25, 0.3) is 0 Å². The number of rotatable bonds is 4.